The molecule has 0 unspecified atom stereocenters. The zero-order chi connectivity index (χ0) is 8.43. The second kappa shape index (κ2) is 2.26. The van der Waals surface area contributed by atoms with Gasteiger partial charge in [-0.2, -0.15) is 6.57 Å². The molecule has 0 fully saturated rings. The molecule has 56 valence electrons. The van der Waals surface area contributed by atoms with Crippen LogP contribution in [0.3, 0.4) is 0 Å². The maximum absolute atomic E-state index is 10.6. The molecule has 1 rings (SSSR count). The van der Waals surface area contributed by atoms with E-state index < -0.39 is 17.1 Å². The van der Waals surface area contributed by atoms with Gasteiger partial charge in [-0.25, -0.2) is 14.4 Å². The quantitative estimate of drug-likeness (QED) is 0.419. The lowest BCUT2D eigenvalue weighted by Crippen LogP contribution is -2.40. The van der Waals surface area contributed by atoms with Crippen molar-refractivity contribution < 1.29 is 0 Å². The lowest BCUT2D eigenvalue weighted by Gasteiger charge is -1.82. The van der Waals surface area contributed by atoms with E-state index >= 15 is 0 Å². The van der Waals surface area contributed by atoms with Gasteiger partial charge in [0.25, 0.3) is 0 Å². The molecule has 1 aromatic rings. The van der Waals surface area contributed by atoms with Crippen molar-refractivity contribution in [1.82, 2.24) is 14.6 Å². The van der Waals surface area contributed by atoms with E-state index in [9.17, 15) is 14.4 Å². The summed E-state index contributed by atoms with van der Waals surface area (Å²) in [5.41, 5.74) is -2.98. The highest BCUT2D eigenvalue weighted by molar-refractivity contribution is 4.73. The van der Waals surface area contributed by atoms with Crippen molar-refractivity contribution >= 4 is 0 Å². The largest absolute Gasteiger partial charge is 0.403 e. The molecule has 0 aliphatic carbocycles. The van der Waals surface area contributed by atoms with E-state index in [0.29, 0.717) is 0 Å². The molecule has 0 saturated carbocycles. The van der Waals surface area contributed by atoms with E-state index in [-0.39, 0.29) is 4.68 Å². The van der Waals surface area contributed by atoms with E-state index in [1.807, 2.05) is 0 Å². The van der Waals surface area contributed by atoms with Gasteiger partial charge in [-0.15, -0.1) is 4.95 Å². The molecule has 11 heavy (non-hydrogen) atoms. The molecule has 0 atom stereocenters. The van der Waals surface area contributed by atoms with Crippen LogP contribution in [0.15, 0.2) is 14.4 Å². The summed E-state index contributed by atoms with van der Waals surface area (Å²) in [5.74, 6) is 0. The molecule has 0 aliphatic heterocycles. The standard InChI is InChI=1S/C4H2N4O3/c1-5-8-3(10)6-2(9)7-4(8)11/h(H2,6,7,9,10,11). The minimum atomic E-state index is -1.03. The summed E-state index contributed by atoms with van der Waals surface area (Å²) in [4.78, 5) is 37.5. The molecule has 1 aromatic heterocycles. The van der Waals surface area contributed by atoms with E-state index in [1.165, 1.54) is 0 Å². The fraction of sp³-hybridized carbons (Fsp3) is 0. The molecular weight excluding hydrogens is 152 g/mol. The molecule has 0 spiro atoms. The van der Waals surface area contributed by atoms with Crippen molar-refractivity contribution in [3.05, 3.63) is 43.0 Å². The molecule has 0 bridgehead atoms. The van der Waals surface area contributed by atoms with Gasteiger partial charge in [-0.05, 0) is 0 Å². The number of nitrogens with zero attached hydrogens (tertiary/aromatic N) is 2. The summed E-state index contributed by atoms with van der Waals surface area (Å²) >= 11 is 0. The summed E-state index contributed by atoms with van der Waals surface area (Å²) in [7, 11) is 0. The Bertz CT molecular complexity index is 435. The van der Waals surface area contributed by atoms with Crippen molar-refractivity contribution in [2.24, 2.45) is 0 Å². The number of H-pyrrole nitrogens is 2. The Morgan fingerprint density at radius 2 is 1.64 bits per heavy atom. The molecule has 0 aliphatic rings. The summed E-state index contributed by atoms with van der Waals surface area (Å²) in [6, 6.07) is 0. The molecule has 2 N–H and O–H groups in total. The number of aromatic amines is 2. The van der Waals surface area contributed by atoms with E-state index in [0.717, 1.165) is 0 Å². The summed E-state index contributed by atoms with van der Waals surface area (Å²) in [5, 5.41) is 0. The Morgan fingerprint density at radius 1 is 1.18 bits per heavy atom. The summed E-state index contributed by atoms with van der Waals surface area (Å²) in [6.45, 7) is 6.34. The molecular formula is C4H2N4O3. The third-order valence-corrected chi connectivity index (χ3v) is 0.926. The van der Waals surface area contributed by atoms with Gasteiger partial charge in [0.1, 0.15) is 0 Å². The lowest BCUT2D eigenvalue weighted by molar-refractivity contribution is 0.780. The first-order valence-electron chi connectivity index (χ1n) is 2.48. The third-order valence-electron chi connectivity index (χ3n) is 0.926. The first-order chi connectivity index (χ1) is 5.15. The van der Waals surface area contributed by atoms with Crippen LogP contribution >= 0.6 is 0 Å². The Kier molecular flexibility index (Phi) is 1.44. The second-order valence-corrected chi connectivity index (χ2v) is 1.60. The lowest BCUT2D eigenvalue weighted by atomic mass is 11.0. The average Bonchev–Trinajstić information content (AvgIpc) is 1.85. The van der Waals surface area contributed by atoms with Crippen LogP contribution in [0, 0.1) is 6.57 Å². The van der Waals surface area contributed by atoms with Crippen molar-refractivity contribution in [2.45, 2.75) is 0 Å². The number of rotatable bonds is 0. The van der Waals surface area contributed by atoms with Gasteiger partial charge in [-0.3, -0.25) is 9.97 Å². The fourth-order valence-electron chi connectivity index (χ4n) is 0.514. The molecule has 1 heterocycles. The Balaban J connectivity index is 3.82. The van der Waals surface area contributed by atoms with Gasteiger partial charge in [0, 0.05) is 0 Å². The first-order valence-corrected chi connectivity index (χ1v) is 2.48. The van der Waals surface area contributed by atoms with Crippen molar-refractivity contribution in [3.8, 4) is 0 Å². The van der Waals surface area contributed by atoms with Crippen molar-refractivity contribution in [3.63, 3.8) is 0 Å². The molecule has 0 aromatic carbocycles. The smallest absolute Gasteiger partial charge is 0.254 e. The zero-order valence-electron chi connectivity index (χ0n) is 5.12. The zero-order valence-corrected chi connectivity index (χ0v) is 5.12. The topological polar surface area (TPSA) is 92.1 Å². The van der Waals surface area contributed by atoms with Gasteiger partial charge in [0.2, 0.25) is 0 Å². The highest BCUT2D eigenvalue weighted by Crippen LogP contribution is 1.56. The Labute approximate surface area is 58.7 Å². The molecule has 7 nitrogen and oxygen atoms in total. The average molecular weight is 154 g/mol. The Morgan fingerprint density at radius 3 is 2.00 bits per heavy atom. The van der Waals surface area contributed by atoms with E-state index in [2.05, 4.69) is 4.95 Å². The highest BCUT2D eigenvalue weighted by Gasteiger charge is 2.03. The van der Waals surface area contributed by atoms with Crippen molar-refractivity contribution in [1.29, 1.82) is 0 Å². The van der Waals surface area contributed by atoms with Crippen LogP contribution in [-0.2, 0) is 0 Å². The maximum atomic E-state index is 10.6. The summed E-state index contributed by atoms with van der Waals surface area (Å²) in [6.07, 6.45) is 0. The summed E-state index contributed by atoms with van der Waals surface area (Å²) < 4.78 is 0.182. The molecule has 7 heteroatoms. The van der Waals surface area contributed by atoms with Gasteiger partial charge < -0.3 is 0 Å². The van der Waals surface area contributed by atoms with Gasteiger partial charge in [0.15, 0.2) is 0 Å². The molecule has 0 amide bonds. The number of nitrogens with one attached hydrogen (secondary N) is 2. The Hall–Kier alpha value is -2.10. The van der Waals surface area contributed by atoms with E-state index in [4.69, 9.17) is 6.57 Å². The van der Waals surface area contributed by atoms with Crippen LogP contribution in [0.25, 0.3) is 4.95 Å². The van der Waals surface area contributed by atoms with Crippen LogP contribution in [0.1, 0.15) is 0 Å². The highest BCUT2D eigenvalue weighted by atomic mass is 16.2. The van der Waals surface area contributed by atoms with Crippen molar-refractivity contribution in [2.75, 3.05) is 0 Å². The van der Waals surface area contributed by atoms with Gasteiger partial charge in [0.05, 0.1) is 4.68 Å². The minimum absolute atomic E-state index is 0.182. The molecule has 0 radical (unpaired) electrons. The normalized spacial score (nSPS) is 9.00. The number of hydrogen-bond acceptors (Lipinski definition) is 3. The SMILES string of the molecule is [C-]#[N+]n1c(=O)[nH]c(=O)[nH]c1=O. The second-order valence-electron chi connectivity index (χ2n) is 1.60. The monoisotopic (exact) mass is 154 g/mol. The van der Waals surface area contributed by atoms with Crippen LogP contribution in [0.4, 0.5) is 0 Å². The van der Waals surface area contributed by atoms with Crippen LogP contribution in [0.2, 0.25) is 0 Å². The van der Waals surface area contributed by atoms with Gasteiger partial charge in [-0.1, -0.05) is 0 Å². The molecule has 0 saturated heterocycles. The first kappa shape index (κ1) is 7.01. The fourth-order valence-corrected chi connectivity index (χ4v) is 0.514. The van der Waals surface area contributed by atoms with Crippen LogP contribution in [-0.4, -0.2) is 14.6 Å². The van der Waals surface area contributed by atoms with E-state index in [1.54, 1.807) is 9.97 Å². The van der Waals surface area contributed by atoms with Crippen LogP contribution in [0.5, 0.6) is 0 Å². The maximum Gasteiger partial charge on any atom is 0.403 e. The minimum Gasteiger partial charge on any atom is -0.254 e. The predicted octanol–water partition coefficient (Wildman–Crippen LogP) is -2.09. The number of hydrogen-bond donors (Lipinski definition) is 2. The predicted molar refractivity (Wildman–Crippen MR) is 33.9 cm³/mol. The third kappa shape index (κ3) is 1.09. The van der Waals surface area contributed by atoms with Gasteiger partial charge >= 0.3 is 17.1 Å². The number of aromatic nitrogens is 3. The van der Waals surface area contributed by atoms with Crippen LogP contribution < -0.4 is 17.1 Å².